The number of para-hydroxylation sites is 2. The van der Waals surface area contributed by atoms with Crippen molar-refractivity contribution in [2.24, 2.45) is 5.92 Å². The largest absolute Gasteiger partial charge is 0.480 e. The van der Waals surface area contributed by atoms with Gasteiger partial charge >= 0.3 is 5.97 Å². The Kier molecular flexibility index (Phi) is 2.64. The fraction of sp³-hybridized carbons (Fsp3) is 0.333. The molecule has 16 heavy (non-hydrogen) atoms. The third-order valence-corrected chi connectivity index (χ3v) is 2.67. The van der Waals surface area contributed by atoms with Crippen LogP contribution >= 0.6 is 0 Å². The second-order valence-electron chi connectivity index (χ2n) is 4.17. The number of hydrogen-bond donors (Lipinski definition) is 1. The zero-order chi connectivity index (χ0) is 11.7. The zero-order valence-electron chi connectivity index (χ0n) is 9.29. The topological polar surface area (TPSA) is 55.1 Å². The van der Waals surface area contributed by atoms with Crippen molar-refractivity contribution in [1.82, 2.24) is 9.55 Å². The van der Waals surface area contributed by atoms with Gasteiger partial charge in [-0.2, -0.15) is 0 Å². The highest BCUT2D eigenvalue weighted by molar-refractivity contribution is 5.79. The molecular formula is C12H14N2O2. The molecule has 2 rings (SSSR count). The summed E-state index contributed by atoms with van der Waals surface area (Å²) in [6.07, 6.45) is 1.60. The van der Waals surface area contributed by atoms with E-state index in [9.17, 15) is 9.90 Å². The molecule has 0 spiro atoms. The summed E-state index contributed by atoms with van der Waals surface area (Å²) in [5.41, 5.74) is 1.69. The van der Waals surface area contributed by atoms with Gasteiger partial charge in [0, 0.05) is 0 Å². The van der Waals surface area contributed by atoms with Gasteiger partial charge in [-0.3, -0.25) is 0 Å². The molecule has 1 heterocycles. The molecule has 0 aliphatic carbocycles. The number of nitrogens with zero attached hydrogens (tertiary/aromatic N) is 2. The van der Waals surface area contributed by atoms with E-state index in [0.29, 0.717) is 0 Å². The van der Waals surface area contributed by atoms with E-state index >= 15 is 0 Å². The van der Waals surface area contributed by atoms with Gasteiger partial charge in [-0.15, -0.1) is 0 Å². The highest BCUT2D eigenvalue weighted by Crippen LogP contribution is 2.23. The molecule has 0 amide bonds. The van der Waals surface area contributed by atoms with Crippen LogP contribution in [0.4, 0.5) is 0 Å². The minimum Gasteiger partial charge on any atom is -0.480 e. The van der Waals surface area contributed by atoms with E-state index in [1.165, 1.54) is 0 Å². The Morgan fingerprint density at radius 1 is 1.38 bits per heavy atom. The average Bonchev–Trinajstić information content (AvgIpc) is 2.61. The van der Waals surface area contributed by atoms with Gasteiger partial charge in [0.2, 0.25) is 0 Å². The Morgan fingerprint density at radius 3 is 2.69 bits per heavy atom. The third-order valence-electron chi connectivity index (χ3n) is 2.67. The Morgan fingerprint density at radius 2 is 2.06 bits per heavy atom. The van der Waals surface area contributed by atoms with Gasteiger partial charge in [-0.05, 0) is 18.1 Å². The fourth-order valence-corrected chi connectivity index (χ4v) is 1.93. The van der Waals surface area contributed by atoms with Crippen molar-refractivity contribution in [2.45, 2.75) is 19.9 Å². The van der Waals surface area contributed by atoms with Gasteiger partial charge in [0.1, 0.15) is 6.04 Å². The molecule has 0 bridgehead atoms. The van der Waals surface area contributed by atoms with Gasteiger partial charge < -0.3 is 9.67 Å². The average molecular weight is 218 g/mol. The third kappa shape index (κ3) is 1.66. The molecular weight excluding hydrogens is 204 g/mol. The van der Waals surface area contributed by atoms with E-state index in [0.717, 1.165) is 11.0 Å². The van der Waals surface area contributed by atoms with Crippen molar-refractivity contribution in [3.05, 3.63) is 30.6 Å². The van der Waals surface area contributed by atoms with Crippen LogP contribution in [0.3, 0.4) is 0 Å². The monoisotopic (exact) mass is 218 g/mol. The van der Waals surface area contributed by atoms with E-state index < -0.39 is 12.0 Å². The summed E-state index contributed by atoms with van der Waals surface area (Å²) in [4.78, 5) is 15.4. The van der Waals surface area contributed by atoms with Crippen LogP contribution in [0.5, 0.6) is 0 Å². The molecule has 1 aromatic carbocycles. The number of aliphatic carboxylic acids is 1. The number of aromatic nitrogens is 2. The summed E-state index contributed by atoms with van der Waals surface area (Å²) in [6.45, 7) is 3.79. The molecule has 4 nitrogen and oxygen atoms in total. The lowest BCUT2D eigenvalue weighted by atomic mass is 10.0. The predicted octanol–water partition coefficient (Wildman–Crippen LogP) is 2.32. The molecule has 0 unspecified atom stereocenters. The first-order chi connectivity index (χ1) is 7.61. The summed E-state index contributed by atoms with van der Waals surface area (Å²) < 4.78 is 1.72. The fourth-order valence-electron chi connectivity index (χ4n) is 1.93. The number of carboxylic acids is 1. The van der Waals surface area contributed by atoms with Crippen molar-refractivity contribution in [3.8, 4) is 0 Å². The molecule has 84 valence electrons. The number of fused-ring (bicyclic) bond motifs is 1. The lowest BCUT2D eigenvalue weighted by Gasteiger charge is -2.18. The second-order valence-corrected chi connectivity index (χ2v) is 4.17. The molecule has 1 N–H and O–H groups in total. The Bertz CT molecular complexity index is 516. The predicted molar refractivity (Wildman–Crippen MR) is 61.2 cm³/mol. The van der Waals surface area contributed by atoms with Crippen molar-refractivity contribution in [2.75, 3.05) is 0 Å². The van der Waals surface area contributed by atoms with Crippen LogP contribution in [0.2, 0.25) is 0 Å². The van der Waals surface area contributed by atoms with E-state index in [1.807, 2.05) is 38.1 Å². The first-order valence-corrected chi connectivity index (χ1v) is 5.25. The molecule has 1 atom stereocenters. The van der Waals surface area contributed by atoms with Crippen LogP contribution in [-0.4, -0.2) is 20.6 Å². The lowest BCUT2D eigenvalue weighted by Crippen LogP contribution is -2.23. The van der Waals surface area contributed by atoms with Crippen LogP contribution < -0.4 is 0 Å². The van der Waals surface area contributed by atoms with Gasteiger partial charge in [0.25, 0.3) is 0 Å². The SMILES string of the molecule is CC(C)[C@H](C(=O)O)n1cnc2ccccc21. The number of hydrogen-bond acceptors (Lipinski definition) is 2. The van der Waals surface area contributed by atoms with Crippen molar-refractivity contribution < 1.29 is 9.90 Å². The standard InChI is InChI=1S/C12H14N2O2/c1-8(2)11(12(15)16)14-7-13-9-5-3-4-6-10(9)14/h3-8,11H,1-2H3,(H,15,16)/t11-/m1/s1. The molecule has 1 aromatic heterocycles. The van der Waals surface area contributed by atoms with Crippen LogP contribution in [-0.2, 0) is 4.79 Å². The van der Waals surface area contributed by atoms with Gasteiger partial charge in [-0.1, -0.05) is 26.0 Å². The maximum atomic E-state index is 11.2. The number of benzene rings is 1. The van der Waals surface area contributed by atoms with E-state index in [2.05, 4.69) is 4.98 Å². The summed E-state index contributed by atoms with van der Waals surface area (Å²) >= 11 is 0. The summed E-state index contributed by atoms with van der Waals surface area (Å²) in [5.74, 6) is -0.798. The Balaban J connectivity index is 2.57. The normalized spacial score (nSPS) is 13.2. The van der Waals surface area contributed by atoms with Crippen LogP contribution in [0.25, 0.3) is 11.0 Å². The molecule has 0 aliphatic rings. The van der Waals surface area contributed by atoms with Gasteiger partial charge in [0.15, 0.2) is 0 Å². The molecule has 0 saturated carbocycles. The quantitative estimate of drug-likeness (QED) is 0.860. The number of carbonyl (C=O) groups is 1. The minimum atomic E-state index is -0.821. The molecule has 2 aromatic rings. The minimum absolute atomic E-state index is 0.0232. The number of carboxylic acid groups (broad SMARTS) is 1. The lowest BCUT2D eigenvalue weighted by molar-refractivity contribution is -0.142. The first-order valence-electron chi connectivity index (χ1n) is 5.25. The van der Waals surface area contributed by atoms with E-state index in [4.69, 9.17) is 0 Å². The Hall–Kier alpha value is -1.84. The molecule has 0 fully saturated rings. The smallest absolute Gasteiger partial charge is 0.327 e. The van der Waals surface area contributed by atoms with Crippen molar-refractivity contribution in [3.63, 3.8) is 0 Å². The zero-order valence-corrected chi connectivity index (χ0v) is 9.29. The maximum Gasteiger partial charge on any atom is 0.327 e. The van der Waals surface area contributed by atoms with Gasteiger partial charge in [-0.25, -0.2) is 9.78 Å². The number of imidazole rings is 1. The highest BCUT2D eigenvalue weighted by Gasteiger charge is 2.24. The molecule has 0 radical (unpaired) electrons. The van der Waals surface area contributed by atoms with Crippen molar-refractivity contribution in [1.29, 1.82) is 0 Å². The molecule has 4 heteroatoms. The Labute approximate surface area is 93.5 Å². The summed E-state index contributed by atoms with van der Waals surface area (Å²) in [7, 11) is 0. The van der Waals surface area contributed by atoms with Gasteiger partial charge in [0.05, 0.1) is 17.4 Å². The first kappa shape index (κ1) is 10.7. The summed E-state index contributed by atoms with van der Waals surface area (Å²) in [5, 5.41) is 9.23. The highest BCUT2D eigenvalue weighted by atomic mass is 16.4. The number of rotatable bonds is 3. The summed E-state index contributed by atoms with van der Waals surface area (Å²) in [6, 6.07) is 6.99. The maximum absolute atomic E-state index is 11.2. The molecule has 0 aliphatic heterocycles. The molecule has 0 saturated heterocycles. The van der Waals surface area contributed by atoms with Crippen LogP contribution in [0.1, 0.15) is 19.9 Å². The van der Waals surface area contributed by atoms with E-state index in [-0.39, 0.29) is 5.92 Å². The van der Waals surface area contributed by atoms with Crippen LogP contribution in [0.15, 0.2) is 30.6 Å². The van der Waals surface area contributed by atoms with Crippen molar-refractivity contribution >= 4 is 17.0 Å². The second kappa shape index (κ2) is 3.96. The van der Waals surface area contributed by atoms with Crippen LogP contribution in [0, 0.1) is 5.92 Å². The van der Waals surface area contributed by atoms with E-state index in [1.54, 1.807) is 10.9 Å².